The predicted molar refractivity (Wildman–Crippen MR) is 138 cm³/mol. The summed E-state index contributed by atoms with van der Waals surface area (Å²) in [6.45, 7) is 7.54. The molecule has 0 bridgehead atoms. The SMILES string of the molecule is Cc1cc(/C=C/C#N)cc(C)c1Nc1nc(Nc2ccc(C#N)cc2)nc(N2CCN(C)CC2)n1. The van der Waals surface area contributed by atoms with Crippen LogP contribution in [0.3, 0.4) is 0 Å². The van der Waals surface area contributed by atoms with E-state index in [4.69, 9.17) is 15.5 Å². The third-order valence-electron chi connectivity index (χ3n) is 5.82. The number of aromatic nitrogens is 3. The zero-order valence-electron chi connectivity index (χ0n) is 20.1. The second-order valence-corrected chi connectivity index (χ2v) is 8.50. The van der Waals surface area contributed by atoms with Crippen LogP contribution in [0, 0.1) is 36.5 Å². The fraction of sp³-hybridized carbons (Fsp3) is 0.269. The molecule has 0 unspecified atom stereocenters. The lowest BCUT2D eigenvalue weighted by atomic mass is 10.0. The molecule has 2 N–H and O–H groups in total. The van der Waals surface area contributed by atoms with Crippen LogP contribution in [-0.4, -0.2) is 53.1 Å². The maximum Gasteiger partial charge on any atom is 0.233 e. The highest BCUT2D eigenvalue weighted by Crippen LogP contribution is 2.27. The maximum absolute atomic E-state index is 9.06. The molecule has 0 aliphatic carbocycles. The van der Waals surface area contributed by atoms with E-state index in [1.807, 2.05) is 44.2 Å². The van der Waals surface area contributed by atoms with E-state index in [0.29, 0.717) is 23.4 Å². The molecule has 4 rings (SSSR count). The van der Waals surface area contributed by atoms with Gasteiger partial charge in [0.25, 0.3) is 0 Å². The Morgan fingerprint density at radius 1 is 0.886 bits per heavy atom. The van der Waals surface area contributed by atoms with Crippen molar-refractivity contribution in [1.82, 2.24) is 19.9 Å². The number of piperazine rings is 1. The van der Waals surface area contributed by atoms with Gasteiger partial charge in [-0.2, -0.15) is 25.5 Å². The minimum atomic E-state index is 0.421. The van der Waals surface area contributed by atoms with E-state index in [1.165, 1.54) is 6.08 Å². The Labute approximate surface area is 205 Å². The summed E-state index contributed by atoms with van der Waals surface area (Å²) < 4.78 is 0. The molecule has 9 nitrogen and oxygen atoms in total. The van der Waals surface area contributed by atoms with Crippen molar-refractivity contribution in [3.05, 3.63) is 64.7 Å². The topological polar surface area (TPSA) is 117 Å². The van der Waals surface area contributed by atoms with Crippen molar-refractivity contribution in [1.29, 1.82) is 10.5 Å². The molecule has 1 aliphatic heterocycles. The van der Waals surface area contributed by atoms with E-state index < -0.39 is 0 Å². The van der Waals surface area contributed by atoms with Gasteiger partial charge < -0.3 is 20.4 Å². The highest BCUT2D eigenvalue weighted by atomic mass is 15.4. The summed E-state index contributed by atoms with van der Waals surface area (Å²) >= 11 is 0. The van der Waals surface area contributed by atoms with Crippen LogP contribution in [0.15, 0.2) is 42.5 Å². The first-order valence-electron chi connectivity index (χ1n) is 11.4. The molecule has 176 valence electrons. The fourth-order valence-corrected chi connectivity index (χ4v) is 3.92. The largest absolute Gasteiger partial charge is 0.338 e. The summed E-state index contributed by atoms with van der Waals surface area (Å²) in [5.41, 5.74) is 5.29. The van der Waals surface area contributed by atoms with Crippen molar-refractivity contribution < 1.29 is 0 Å². The van der Waals surface area contributed by atoms with E-state index >= 15 is 0 Å². The van der Waals surface area contributed by atoms with Gasteiger partial charge in [-0.15, -0.1) is 0 Å². The standard InChI is InChI=1S/C26H27N9/c1-18-15-21(5-4-10-27)16-19(2)23(18)30-25-31-24(29-22-8-6-20(17-28)7-9-22)32-26(33-25)35-13-11-34(3)12-14-35/h4-9,15-16H,11-14H2,1-3H3,(H2,29,30,31,32,33)/b5-4+. The number of aryl methyl sites for hydroxylation is 2. The molecule has 0 spiro atoms. The number of benzene rings is 2. The molecule has 1 saturated heterocycles. The van der Waals surface area contributed by atoms with Crippen molar-refractivity contribution in [3.8, 4) is 12.1 Å². The van der Waals surface area contributed by atoms with Crippen LogP contribution in [0.4, 0.5) is 29.2 Å². The van der Waals surface area contributed by atoms with Crippen LogP contribution in [0.2, 0.25) is 0 Å². The van der Waals surface area contributed by atoms with E-state index in [9.17, 15) is 0 Å². The number of allylic oxidation sites excluding steroid dienone is 1. The van der Waals surface area contributed by atoms with Gasteiger partial charge in [0.15, 0.2) is 0 Å². The first-order valence-corrected chi connectivity index (χ1v) is 11.4. The molecule has 1 fully saturated rings. The molecular formula is C26H27N9. The molecule has 0 radical (unpaired) electrons. The average Bonchev–Trinajstić information content (AvgIpc) is 2.86. The monoisotopic (exact) mass is 465 g/mol. The molecule has 35 heavy (non-hydrogen) atoms. The van der Waals surface area contributed by atoms with Crippen molar-refractivity contribution in [3.63, 3.8) is 0 Å². The molecule has 9 heteroatoms. The lowest BCUT2D eigenvalue weighted by Crippen LogP contribution is -2.45. The molecule has 1 aliphatic rings. The number of rotatable bonds is 6. The lowest BCUT2D eigenvalue weighted by Gasteiger charge is -2.32. The Bertz CT molecular complexity index is 1290. The van der Waals surface area contributed by atoms with Gasteiger partial charge in [-0.05, 0) is 80.1 Å². The van der Waals surface area contributed by atoms with Gasteiger partial charge in [0.05, 0.1) is 17.7 Å². The number of nitrogens with zero attached hydrogens (tertiary/aromatic N) is 7. The van der Waals surface area contributed by atoms with Crippen molar-refractivity contribution >= 4 is 35.3 Å². The van der Waals surface area contributed by atoms with E-state index in [0.717, 1.165) is 54.2 Å². The Kier molecular flexibility index (Phi) is 7.20. The third kappa shape index (κ3) is 5.91. The summed E-state index contributed by atoms with van der Waals surface area (Å²) in [6.07, 6.45) is 3.26. The molecule has 3 aromatic rings. The Morgan fingerprint density at radius 3 is 2.11 bits per heavy atom. The number of hydrogen-bond acceptors (Lipinski definition) is 9. The van der Waals surface area contributed by atoms with Gasteiger partial charge in [0, 0.05) is 43.6 Å². The Morgan fingerprint density at radius 2 is 1.51 bits per heavy atom. The normalized spacial score (nSPS) is 13.9. The summed E-state index contributed by atoms with van der Waals surface area (Å²) in [5.74, 6) is 1.47. The van der Waals surface area contributed by atoms with Crippen molar-refractivity contribution in [2.24, 2.45) is 0 Å². The molecular weight excluding hydrogens is 438 g/mol. The van der Waals surface area contributed by atoms with Gasteiger partial charge in [0.1, 0.15) is 0 Å². The number of nitrogens with one attached hydrogen (secondary N) is 2. The molecule has 1 aromatic heterocycles. The van der Waals surface area contributed by atoms with E-state index in [2.05, 4.69) is 43.5 Å². The maximum atomic E-state index is 9.06. The van der Waals surface area contributed by atoms with Crippen LogP contribution in [0.5, 0.6) is 0 Å². The van der Waals surface area contributed by atoms with Gasteiger partial charge in [-0.25, -0.2) is 0 Å². The first kappa shape index (κ1) is 23.7. The number of nitriles is 2. The van der Waals surface area contributed by atoms with E-state index in [1.54, 1.807) is 18.2 Å². The Hall–Kier alpha value is -4.47. The summed E-state index contributed by atoms with van der Waals surface area (Å²) in [7, 11) is 2.11. The lowest BCUT2D eigenvalue weighted by molar-refractivity contribution is 0.311. The van der Waals surface area contributed by atoms with Crippen molar-refractivity contribution in [2.75, 3.05) is 48.8 Å². The summed E-state index contributed by atoms with van der Waals surface area (Å²) in [6, 6.07) is 15.3. The molecule has 0 saturated carbocycles. The van der Waals surface area contributed by atoms with Gasteiger partial charge in [-0.1, -0.05) is 0 Å². The van der Waals surface area contributed by atoms with Crippen LogP contribution in [0.25, 0.3) is 6.08 Å². The second kappa shape index (κ2) is 10.6. The average molecular weight is 466 g/mol. The predicted octanol–water partition coefficient (Wildman–Crippen LogP) is 4.14. The van der Waals surface area contributed by atoms with Crippen molar-refractivity contribution in [2.45, 2.75) is 13.8 Å². The minimum Gasteiger partial charge on any atom is -0.338 e. The smallest absolute Gasteiger partial charge is 0.233 e. The minimum absolute atomic E-state index is 0.421. The molecule has 2 aromatic carbocycles. The molecule has 2 heterocycles. The highest BCUT2D eigenvalue weighted by Gasteiger charge is 2.19. The third-order valence-corrected chi connectivity index (χ3v) is 5.82. The summed E-state index contributed by atoms with van der Waals surface area (Å²) in [5, 5.41) is 24.5. The van der Waals surface area contributed by atoms with Gasteiger partial charge >= 0.3 is 0 Å². The quantitative estimate of drug-likeness (QED) is 0.518. The zero-order chi connectivity index (χ0) is 24.8. The Balaban J connectivity index is 1.67. The molecule has 0 atom stereocenters. The highest BCUT2D eigenvalue weighted by molar-refractivity contribution is 5.69. The first-order chi connectivity index (χ1) is 16.9. The second-order valence-electron chi connectivity index (χ2n) is 8.50. The summed E-state index contributed by atoms with van der Waals surface area (Å²) in [4.78, 5) is 18.5. The van der Waals surface area contributed by atoms with Crippen LogP contribution >= 0.6 is 0 Å². The molecule has 0 amide bonds. The fourth-order valence-electron chi connectivity index (χ4n) is 3.92. The van der Waals surface area contributed by atoms with Gasteiger partial charge in [-0.3, -0.25) is 0 Å². The zero-order valence-corrected chi connectivity index (χ0v) is 20.1. The van der Waals surface area contributed by atoms with E-state index in [-0.39, 0.29) is 0 Å². The number of anilines is 5. The number of hydrogen-bond donors (Lipinski definition) is 2. The van der Waals surface area contributed by atoms with Gasteiger partial charge in [0.2, 0.25) is 17.8 Å². The van der Waals surface area contributed by atoms with Crippen LogP contribution in [0.1, 0.15) is 22.3 Å². The number of likely N-dealkylation sites (N-methyl/N-ethyl adjacent to an activating group) is 1. The van der Waals surface area contributed by atoms with Crippen LogP contribution in [-0.2, 0) is 0 Å². The van der Waals surface area contributed by atoms with Crippen LogP contribution < -0.4 is 15.5 Å².